The second-order valence-electron chi connectivity index (χ2n) is 9.87. The summed E-state index contributed by atoms with van der Waals surface area (Å²) in [6.07, 6.45) is 0.548. The molecule has 0 aliphatic rings. The van der Waals surface area contributed by atoms with Gasteiger partial charge < -0.3 is 20.9 Å². The number of halogens is 1. The van der Waals surface area contributed by atoms with Crippen molar-refractivity contribution >= 4 is 46.5 Å². The van der Waals surface area contributed by atoms with Crippen LogP contribution in [0.15, 0.2) is 58.9 Å². The van der Waals surface area contributed by atoms with Gasteiger partial charge in [0.25, 0.3) is 0 Å². The highest BCUT2D eigenvalue weighted by molar-refractivity contribution is 7.98. The van der Waals surface area contributed by atoms with Gasteiger partial charge in [0.2, 0.25) is 0 Å². The number of pyridine rings is 1. The molecule has 4 N–H and O–H groups in total. The number of thiazole rings is 1. The van der Waals surface area contributed by atoms with E-state index in [0.29, 0.717) is 39.1 Å². The van der Waals surface area contributed by atoms with Gasteiger partial charge in [-0.25, -0.2) is 9.97 Å². The maximum atomic E-state index is 12.0. The summed E-state index contributed by atoms with van der Waals surface area (Å²) in [5.74, 6) is 0.854. The van der Waals surface area contributed by atoms with Crippen molar-refractivity contribution in [1.29, 1.82) is 10.5 Å². The second kappa shape index (κ2) is 14.9. The molecule has 0 aliphatic carbocycles. The van der Waals surface area contributed by atoms with E-state index in [1.54, 1.807) is 24.3 Å². The lowest BCUT2D eigenvalue weighted by atomic mass is 9.97. The van der Waals surface area contributed by atoms with Crippen LogP contribution in [0.4, 0.5) is 5.82 Å². The third kappa shape index (κ3) is 8.25. The molecule has 0 saturated heterocycles. The van der Waals surface area contributed by atoms with E-state index in [2.05, 4.69) is 17.1 Å². The Hall–Kier alpha value is -4.13. The van der Waals surface area contributed by atoms with Crippen LogP contribution in [0.5, 0.6) is 5.75 Å². The smallest absolute Gasteiger partial charge is 0.323 e. The number of aromatic nitrogens is 2. The van der Waals surface area contributed by atoms with Crippen molar-refractivity contribution < 1.29 is 14.3 Å². The molecule has 0 unspecified atom stereocenters. The Morgan fingerprint density at radius 3 is 2.35 bits per heavy atom. The molecule has 0 amide bonds. The number of carbonyl (C=O) groups is 1. The molecule has 2 aromatic carbocycles. The lowest BCUT2D eigenvalue weighted by Crippen LogP contribution is -2.34. The number of benzene rings is 2. The van der Waals surface area contributed by atoms with E-state index >= 15 is 0 Å². The number of carbonyl (C=O) groups excluding carboxylic acids is 1. The minimum Gasteiger partial charge on any atom is -0.490 e. The Bertz CT molecular complexity index is 1660. The summed E-state index contributed by atoms with van der Waals surface area (Å²) in [4.78, 5) is 21.1. The number of nitriles is 2. The number of nitrogens with two attached hydrogens (primary N) is 2. The van der Waals surface area contributed by atoms with Crippen LogP contribution in [-0.4, -0.2) is 35.2 Å². The van der Waals surface area contributed by atoms with E-state index in [0.717, 1.165) is 16.3 Å². The molecule has 0 bridgehead atoms. The quantitative estimate of drug-likeness (QED) is 0.101. The van der Waals surface area contributed by atoms with Crippen LogP contribution < -0.4 is 16.2 Å². The molecule has 2 heterocycles. The first-order chi connectivity index (χ1) is 20.7. The monoisotopic (exact) mass is 632 g/mol. The van der Waals surface area contributed by atoms with Gasteiger partial charge in [-0.3, -0.25) is 4.79 Å². The molecule has 0 fully saturated rings. The van der Waals surface area contributed by atoms with Crippen LogP contribution in [0, 0.1) is 28.6 Å². The highest BCUT2D eigenvalue weighted by atomic mass is 35.5. The Balaban J connectivity index is 1.46. The van der Waals surface area contributed by atoms with Crippen LogP contribution in [-0.2, 0) is 15.3 Å². The third-order valence-electron chi connectivity index (χ3n) is 6.18. The molecule has 0 saturated carbocycles. The number of hydrogen-bond acceptors (Lipinski definition) is 11. The first kappa shape index (κ1) is 31.8. The van der Waals surface area contributed by atoms with Gasteiger partial charge in [-0.2, -0.15) is 10.5 Å². The molecule has 0 aliphatic heterocycles. The first-order valence-electron chi connectivity index (χ1n) is 13.3. The lowest BCUT2D eigenvalue weighted by molar-refractivity contribution is -0.146. The minimum absolute atomic E-state index is 0.0388. The fourth-order valence-corrected chi connectivity index (χ4v) is 6.11. The number of nitrogen functional groups attached to an aromatic ring is 1. The Morgan fingerprint density at radius 2 is 1.70 bits per heavy atom. The molecular formula is C31H29ClN6O3S2. The highest BCUT2D eigenvalue weighted by Gasteiger charge is 2.21. The van der Waals surface area contributed by atoms with Crippen molar-refractivity contribution in [1.82, 2.24) is 9.97 Å². The van der Waals surface area contributed by atoms with E-state index in [1.165, 1.54) is 23.1 Å². The molecule has 4 rings (SSSR count). The van der Waals surface area contributed by atoms with Crippen molar-refractivity contribution in [2.45, 2.75) is 37.1 Å². The van der Waals surface area contributed by atoms with Gasteiger partial charge in [-0.05, 0) is 42.2 Å². The Labute approximate surface area is 263 Å². The maximum absolute atomic E-state index is 12.0. The van der Waals surface area contributed by atoms with E-state index < -0.39 is 12.0 Å². The van der Waals surface area contributed by atoms with Crippen LogP contribution >= 0.6 is 34.7 Å². The zero-order chi connectivity index (χ0) is 30.9. The number of nitrogens with zero attached hydrogens (tertiary/aromatic N) is 4. The SMILES string of the molecule is CC(C)C[C@H](N)C(=O)OCCOc1ccc(-c2c(C#N)c(N)nc(SCc3csc(-c4ccc(Cl)cc4)n3)c2C#N)cc1. The van der Waals surface area contributed by atoms with Gasteiger partial charge in [0.1, 0.15) is 58.6 Å². The highest BCUT2D eigenvalue weighted by Crippen LogP contribution is 2.37. The molecule has 220 valence electrons. The van der Waals surface area contributed by atoms with Crippen molar-refractivity contribution in [3.05, 3.63) is 75.8 Å². The predicted molar refractivity (Wildman–Crippen MR) is 170 cm³/mol. The summed E-state index contributed by atoms with van der Waals surface area (Å²) in [5.41, 5.74) is 15.2. The maximum Gasteiger partial charge on any atom is 0.323 e. The Kier molecular flexibility index (Phi) is 11.0. The van der Waals surface area contributed by atoms with E-state index in [9.17, 15) is 15.3 Å². The molecule has 2 aromatic heterocycles. The number of thioether (sulfide) groups is 1. The summed E-state index contributed by atoms with van der Waals surface area (Å²) in [6.45, 7) is 4.18. The van der Waals surface area contributed by atoms with Gasteiger partial charge in [0, 0.05) is 27.3 Å². The van der Waals surface area contributed by atoms with E-state index in [4.69, 9.17) is 37.5 Å². The molecule has 12 heteroatoms. The summed E-state index contributed by atoms with van der Waals surface area (Å²) < 4.78 is 10.9. The van der Waals surface area contributed by atoms with Crippen molar-refractivity contribution in [2.24, 2.45) is 11.7 Å². The van der Waals surface area contributed by atoms with Crippen LogP contribution in [0.1, 0.15) is 37.1 Å². The van der Waals surface area contributed by atoms with Crippen LogP contribution in [0.25, 0.3) is 21.7 Å². The van der Waals surface area contributed by atoms with Gasteiger partial charge in [0.05, 0.1) is 11.3 Å². The Morgan fingerprint density at radius 1 is 1.02 bits per heavy atom. The normalized spacial score (nSPS) is 11.5. The van der Waals surface area contributed by atoms with Gasteiger partial charge in [-0.15, -0.1) is 11.3 Å². The van der Waals surface area contributed by atoms with Crippen LogP contribution in [0.2, 0.25) is 5.02 Å². The number of anilines is 1. The summed E-state index contributed by atoms with van der Waals surface area (Å²) in [7, 11) is 0. The molecule has 4 aromatic rings. The second-order valence-corrected chi connectivity index (χ2v) is 12.1. The van der Waals surface area contributed by atoms with Crippen molar-refractivity contribution in [2.75, 3.05) is 18.9 Å². The number of esters is 1. The third-order valence-corrected chi connectivity index (χ3v) is 8.38. The average Bonchev–Trinajstić information content (AvgIpc) is 3.47. The number of hydrogen-bond donors (Lipinski definition) is 2. The predicted octanol–water partition coefficient (Wildman–Crippen LogP) is 6.44. The van der Waals surface area contributed by atoms with E-state index in [-0.39, 0.29) is 36.1 Å². The molecule has 0 radical (unpaired) electrons. The molecule has 43 heavy (non-hydrogen) atoms. The number of ether oxygens (including phenoxy) is 2. The first-order valence-corrected chi connectivity index (χ1v) is 15.6. The molecular weight excluding hydrogens is 604 g/mol. The van der Waals surface area contributed by atoms with Crippen molar-refractivity contribution in [3.8, 4) is 39.6 Å². The fraction of sp³-hybridized carbons (Fsp3) is 0.258. The zero-order valence-electron chi connectivity index (χ0n) is 23.5. The summed E-state index contributed by atoms with van der Waals surface area (Å²) in [5, 5.41) is 23.9. The molecule has 0 spiro atoms. The standard InChI is InChI=1S/C31H29ClN6O3S2/c1-18(2)13-26(35)31(39)41-12-11-40-23-9-5-19(6-10-23)27-24(14-33)28(36)38-30(25(27)15-34)43-17-22-16-42-29(37-22)20-3-7-21(32)8-4-20/h3-10,16,18,26H,11-13,17,35H2,1-2H3,(H2,36,38)/t26-/m0/s1. The minimum atomic E-state index is -0.660. The fourth-order valence-electron chi connectivity index (χ4n) is 4.16. The largest absolute Gasteiger partial charge is 0.490 e. The van der Waals surface area contributed by atoms with E-state index in [1.807, 2.05) is 43.5 Å². The van der Waals surface area contributed by atoms with Crippen molar-refractivity contribution in [3.63, 3.8) is 0 Å². The van der Waals surface area contributed by atoms with Gasteiger partial charge in [0.15, 0.2) is 0 Å². The lowest BCUT2D eigenvalue weighted by Gasteiger charge is -2.14. The molecule has 9 nitrogen and oxygen atoms in total. The summed E-state index contributed by atoms with van der Waals surface area (Å²) in [6, 6.07) is 18.0. The number of rotatable bonds is 12. The molecule has 1 atom stereocenters. The average molecular weight is 633 g/mol. The topological polar surface area (TPSA) is 161 Å². The zero-order valence-corrected chi connectivity index (χ0v) is 25.9. The van der Waals surface area contributed by atoms with Gasteiger partial charge in [-0.1, -0.05) is 61.5 Å². The van der Waals surface area contributed by atoms with Crippen LogP contribution in [0.3, 0.4) is 0 Å². The summed E-state index contributed by atoms with van der Waals surface area (Å²) >= 11 is 8.84. The van der Waals surface area contributed by atoms with Gasteiger partial charge >= 0.3 is 5.97 Å².